The lowest BCUT2D eigenvalue weighted by Gasteiger charge is -2.22. The van der Waals surface area contributed by atoms with Gasteiger partial charge in [-0.3, -0.25) is 4.79 Å². The first-order valence-electron chi connectivity index (χ1n) is 6.33. The molecule has 19 heavy (non-hydrogen) atoms. The molecule has 102 valence electrons. The highest BCUT2D eigenvalue weighted by molar-refractivity contribution is 6.32. The SMILES string of the molecule is O=C1NCCCC1NCc1cc(Cl)c2c(c1)OCO2. The molecule has 0 saturated carbocycles. The summed E-state index contributed by atoms with van der Waals surface area (Å²) >= 11 is 6.11. The fourth-order valence-electron chi connectivity index (χ4n) is 2.33. The number of amides is 1. The van der Waals surface area contributed by atoms with E-state index in [9.17, 15) is 4.79 Å². The number of hydrogen-bond donors (Lipinski definition) is 2. The van der Waals surface area contributed by atoms with Gasteiger partial charge in [-0.25, -0.2) is 0 Å². The second-order valence-corrected chi connectivity index (χ2v) is 5.09. The van der Waals surface area contributed by atoms with Crippen LogP contribution in [0.25, 0.3) is 0 Å². The summed E-state index contributed by atoms with van der Waals surface area (Å²) in [4.78, 5) is 11.6. The standard InChI is InChI=1S/C13H15ClN2O3/c14-9-4-8(5-11-12(9)19-7-18-11)6-16-10-2-1-3-15-13(10)17/h4-5,10,16H,1-3,6-7H2,(H,15,17). The maximum atomic E-state index is 11.6. The molecule has 6 heteroatoms. The Labute approximate surface area is 116 Å². The number of ether oxygens (including phenoxy) is 2. The van der Waals surface area contributed by atoms with Crippen molar-refractivity contribution in [2.24, 2.45) is 0 Å². The predicted octanol–water partition coefficient (Wildman–Crippen LogP) is 1.44. The van der Waals surface area contributed by atoms with Gasteiger partial charge in [0.2, 0.25) is 12.7 Å². The van der Waals surface area contributed by atoms with Crippen LogP contribution in [0, 0.1) is 0 Å². The van der Waals surface area contributed by atoms with Gasteiger partial charge in [-0.05, 0) is 30.5 Å². The second kappa shape index (κ2) is 5.27. The Morgan fingerprint density at radius 3 is 3.16 bits per heavy atom. The summed E-state index contributed by atoms with van der Waals surface area (Å²) in [5, 5.41) is 6.63. The molecular weight excluding hydrogens is 268 g/mol. The smallest absolute Gasteiger partial charge is 0.237 e. The van der Waals surface area contributed by atoms with E-state index in [0.717, 1.165) is 24.9 Å². The van der Waals surface area contributed by atoms with Crippen molar-refractivity contribution in [3.63, 3.8) is 0 Å². The van der Waals surface area contributed by atoms with Crippen molar-refractivity contribution < 1.29 is 14.3 Å². The molecule has 1 saturated heterocycles. The number of hydrogen-bond acceptors (Lipinski definition) is 4. The molecule has 1 aromatic carbocycles. The minimum atomic E-state index is -0.127. The molecule has 1 amide bonds. The van der Waals surface area contributed by atoms with E-state index in [0.29, 0.717) is 23.1 Å². The Morgan fingerprint density at radius 2 is 2.32 bits per heavy atom. The molecule has 0 aromatic heterocycles. The van der Waals surface area contributed by atoms with Gasteiger partial charge in [0, 0.05) is 13.1 Å². The van der Waals surface area contributed by atoms with Gasteiger partial charge in [0.15, 0.2) is 11.5 Å². The largest absolute Gasteiger partial charge is 0.454 e. The third kappa shape index (κ3) is 2.62. The Morgan fingerprint density at radius 1 is 1.42 bits per heavy atom. The third-order valence-electron chi connectivity index (χ3n) is 3.32. The van der Waals surface area contributed by atoms with Crippen LogP contribution in [0.15, 0.2) is 12.1 Å². The molecular formula is C13H15ClN2O3. The van der Waals surface area contributed by atoms with Crippen LogP contribution < -0.4 is 20.1 Å². The third-order valence-corrected chi connectivity index (χ3v) is 3.61. The summed E-state index contributed by atoms with van der Waals surface area (Å²) in [5.74, 6) is 1.33. The molecule has 2 N–H and O–H groups in total. The zero-order valence-electron chi connectivity index (χ0n) is 10.4. The molecule has 0 aliphatic carbocycles. The van der Waals surface area contributed by atoms with Crippen LogP contribution in [0.1, 0.15) is 18.4 Å². The quantitative estimate of drug-likeness (QED) is 0.881. The number of nitrogens with one attached hydrogen (secondary N) is 2. The van der Waals surface area contributed by atoms with Crippen LogP contribution in [-0.4, -0.2) is 25.3 Å². The molecule has 1 aromatic rings. The molecule has 2 aliphatic heterocycles. The van der Waals surface area contributed by atoms with Crippen molar-refractivity contribution >= 4 is 17.5 Å². The van der Waals surface area contributed by atoms with Crippen molar-refractivity contribution in [3.8, 4) is 11.5 Å². The fourth-order valence-corrected chi connectivity index (χ4v) is 2.62. The van der Waals surface area contributed by atoms with Gasteiger partial charge in [0.25, 0.3) is 0 Å². The number of halogens is 1. The first-order chi connectivity index (χ1) is 9.24. The van der Waals surface area contributed by atoms with Crippen molar-refractivity contribution in [1.82, 2.24) is 10.6 Å². The monoisotopic (exact) mass is 282 g/mol. The van der Waals surface area contributed by atoms with E-state index in [-0.39, 0.29) is 18.7 Å². The minimum Gasteiger partial charge on any atom is -0.454 e. The number of benzene rings is 1. The van der Waals surface area contributed by atoms with Crippen LogP contribution in [0.4, 0.5) is 0 Å². The summed E-state index contributed by atoms with van der Waals surface area (Å²) in [5.41, 5.74) is 0.979. The number of piperidine rings is 1. The number of rotatable bonds is 3. The normalized spacial score (nSPS) is 21.3. The van der Waals surface area contributed by atoms with Gasteiger partial charge in [0.05, 0.1) is 11.1 Å². The number of fused-ring (bicyclic) bond motifs is 1. The summed E-state index contributed by atoms with van der Waals surface area (Å²) in [6, 6.07) is 3.60. The zero-order chi connectivity index (χ0) is 13.2. The second-order valence-electron chi connectivity index (χ2n) is 4.68. The molecule has 0 radical (unpaired) electrons. The van der Waals surface area contributed by atoms with Gasteiger partial charge in [0.1, 0.15) is 0 Å². The molecule has 1 atom stereocenters. The first kappa shape index (κ1) is 12.6. The van der Waals surface area contributed by atoms with E-state index in [1.54, 1.807) is 0 Å². The zero-order valence-corrected chi connectivity index (χ0v) is 11.1. The molecule has 2 heterocycles. The number of carbonyl (C=O) groups excluding carboxylic acids is 1. The average molecular weight is 283 g/mol. The van der Waals surface area contributed by atoms with Gasteiger partial charge in [-0.2, -0.15) is 0 Å². The summed E-state index contributed by atoms with van der Waals surface area (Å²) in [6.07, 6.45) is 1.87. The van der Waals surface area contributed by atoms with E-state index in [2.05, 4.69) is 10.6 Å². The van der Waals surface area contributed by atoms with Crippen molar-refractivity contribution in [2.45, 2.75) is 25.4 Å². The molecule has 0 spiro atoms. The van der Waals surface area contributed by atoms with Crippen LogP contribution in [-0.2, 0) is 11.3 Å². The molecule has 3 rings (SSSR count). The van der Waals surface area contributed by atoms with Crippen LogP contribution in [0.3, 0.4) is 0 Å². The molecule has 1 unspecified atom stereocenters. The van der Waals surface area contributed by atoms with Gasteiger partial charge >= 0.3 is 0 Å². The van der Waals surface area contributed by atoms with Crippen molar-refractivity contribution in [3.05, 3.63) is 22.7 Å². The maximum absolute atomic E-state index is 11.6. The highest BCUT2D eigenvalue weighted by Gasteiger charge is 2.22. The first-order valence-corrected chi connectivity index (χ1v) is 6.71. The Hall–Kier alpha value is -1.46. The van der Waals surface area contributed by atoms with E-state index < -0.39 is 0 Å². The Bertz CT molecular complexity index is 507. The van der Waals surface area contributed by atoms with Gasteiger partial charge in [-0.1, -0.05) is 11.6 Å². The van der Waals surface area contributed by atoms with Crippen LogP contribution >= 0.6 is 11.6 Å². The summed E-state index contributed by atoms with van der Waals surface area (Å²) in [7, 11) is 0. The molecule has 0 bridgehead atoms. The van der Waals surface area contributed by atoms with Crippen LogP contribution in [0.2, 0.25) is 5.02 Å². The van der Waals surface area contributed by atoms with E-state index >= 15 is 0 Å². The Kier molecular flexibility index (Phi) is 3.48. The highest BCUT2D eigenvalue weighted by Crippen LogP contribution is 2.39. The average Bonchev–Trinajstić information content (AvgIpc) is 2.87. The summed E-state index contributed by atoms with van der Waals surface area (Å²) < 4.78 is 10.6. The predicted molar refractivity (Wildman–Crippen MR) is 70.4 cm³/mol. The van der Waals surface area contributed by atoms with E-state index in [1.807, 2.05) is 12.1 Å². The van der Waals surface area contributed by atoms with Gasteiger partial charge in [-0.15, -0.1) is 0 Å². The highest BCUT2D eigenvalue weighted by atomic mass is 35.5. The van der Waals surface area contributed by atoms with E-state index in [4.69, 9.17) is 21.1 Å². The van der Waals surface area contributed by atoms with Crippen molar-refractivity contribution in [2.75, 3.05) is 13.3 Å². The van der Waals surface area contributed by atoms with Crippen molar-refractivity contribution in [1.29, 1.82) is 0 Å². The lowest BCUT2D eigenvalue weighted by Crippen LogP contribution is -2.47. The van der Waals surface area contributed by atoms with Crippen LogP contribution in [0.5, 0.6) is 11.5 Å². The lowest BCUT2D eigenvalue weighted by molar-refractivity contribution is -0.124. The molecule has 5 nitrogen and oxygen atoms in total. The lowest BCUT2D eigenvalue weighted by atomic mass is 10.1. The molecule has 2 aliphatic rings. The topological polar surface area (TPSA) is 59.6 Å². The molecule has 1 fully saturated rings. The maximum Gasteiger partial charge on any atom is 0.237 e. The Balaban J connectivity index is 1.67. The summed E-state index contributed by atoms with van der Waals surface area (Å²) in [6.45, 7) is 1.55. The van der Waals surface area contributed by atoms with E-state index in [1.165, 1.54) is 0 Å². The fraction of sp³-hybridized carbons (Fsp3) is 0.462. The van der Waals surface area contributed by atoms with Gasteiger partial charge < -0.3 is 20.1 Å². The number of carbonyl (C=O) groups is 1. The minimum absolute atomic E-state index is 0.0677.